The number of likely N-dealkylation sites (tertiary alicyclic amines) is 2. The van der Waals surface area contributed by atoms with Crippen LogP contribution in [0.5, 0.6) is 0 Å². The van der Waals surface area contributed by atoms with Gasteiger partial charge in [0.05, 0.1) is 30.6 Å². The number of hydrogen-bond acceptors (Lipinski definition) is 7. The quantitative estimate of drug-likeness (QED) is 0.152. The molecule has 0 radical (unpaired) electrons. The second-order valence-electron chi connectivity index (χ2n) is 13.3. The number of H-pyrrole nitrogens is 2. The van der Waals surface area contributed by atoms with Crippen molar-refractivity contribution in [3.05, 3.63) is 71.6 Å². The Morgan fingerprint density at radius 2 is 1.12 bits per heavy atom. The number of carbonyl (C=O) groups is 4. The van der Waals surface area contributed by atoms with E-state index in [9.17, 15) is 19.2 Å². The summed E-state index contributed by atoms with van der Waals surface area (Å²) in [7, 11) is 1.27. The Labute approximate surface area is 296 Å². The van der Waals surface area contributed by atoms with Gasteiger partial charge in [0.25, 0.3) is 0 Å². The first-order valence-electron chi connectivity index (χ1n) is 17.2. The third-order valence-electron chi connectivity index (χ3n) is 9.76. The molecule has 2 aromatic heterocycles. The molecule has 4 heterocycles. The normalized spacial score (nSPS) is 18.4. The number of nitrogens with one attached hydrogen (secondary N) is 4. The molecule has 51 heavy (non-hydrogen) atoms. The Kier molecular flexibility index (Phi) is 10.1. The molecule has 14 heteroatoms. The van der Waals surface area contributed by atoms with E-state index in [1.165, 1.54) is 7.11 Å². The van der Waals surface area contributed by atoms with E-state index < -0.39 is 24.3 Å². The third kappa shape index (κ3) is 7.30. The summed E-state index contributed by atoms with van der Waals surface area (Å²) in [5, 5.41) is 13.9. The van der Waals surface area contributed by atoms with Crippen LogP contribution in [-0.2, 0) is 14.3 Å². The zero-order chi connectivity index (χ0) is 36.4. The Morgan fingerprint density at radius 1 is 0.725 bits per heavy atom. The van der Waals surface area contributed by atoms with Crippen molar-refractivity contribution >= 4 is 24.0 Å². The molecule has 4 amide bonds. The molecule has 2 fully saturated rings. The van der Waals surface area contributed by atoms with Gasteiger partial charge in [0.1, 0.15) is 23.7 Å². The Hall–Kier alpha value is -5.66. The Morgan fingerprint density at radius 3 is 1.51 bits per heavy atom. The van der Waals surface area contributed by atoms with Gasteiger partial charge < -0.3 is 40.2 Å². The lowest BCUT2D eigenvalue weighted by Gasteiger charge is -2.26. The first-order valence-corrected chi connectivity index (χ1v) is 17.2. The fourth-order valence-electron chi connectivity index (χ4n) is 7.16. The zero-order valence-corrected chi connectivity index (χ0v) is 29.4. The van der Waals surface area contributed by atoms with Crippen LogP contribution in [0, 0.1) is 13.8 Å². The predicted octanol–water partition coefficient (Wildman–Crippen LogP) is 5.48. The van der Waals surface area contributed by atoms with E-state index in [0.29, 0.717) is 18.9 Å². The number of hydrogen-bond donors (Lipinski definition) is 5. The second-order valence-corrected chi connectivity index (χ2v) is 13.3. The molecule has 0 spiro atoms. The fourth-order valence-corrected chi connectivity index (χ4v) is 7.16. The van der Waals surface area contributed by atoms with Gasteiger partial charge in [0, 0.05) is 35.6 Å². The van der Waals surface area contributed by atoms with Crippen LogP contribution in [0.4, 0.5) is 9.59 Å². The van der Waals surface area contributed by atoms with E-state index in [-0.39, 0.29) is 23.9 Å². The van der Waals surface area contributed by atoms with Crippen LogP contribution in [0.15, 0.2) is 48.5 Å². The molecule has 268 valence electrons. The van der Waals surface area contributed by atoms with Crippen LogP contribution in [0.2, 0.25) is 0 Å². The molecule has 2 saturated heterocycles. The van der Waals surface area contributed by atoms with E-state index in [4.69, 9.17) is 15.1 Å². The van der Waals surface area contributed by atoms with E-state index in [1.54, 1.807) is 23.6 Å². The molecule has 0 unspecified atom stereocenters. The Bertz CT molecular complexity index is 1920. The van der Waals surface area contributed by atoms with Crippen molar-refractivity contribution < 1.29 is 29.0 Å². The topological polar surface area (TPSA) is 186 Å². The second kappa shape index (κ2) is 14.7. The molecule has 0 saturated carbocycles. The summed E-state index contributed by atoms with van der Waals surface area (Å²) in [4.78, 5) is 69.0. The number of imidazole rings is 2. The average molecular weight is 697 g/mol. The minimum atomic E-state index is -1.23. The smallest absolute Gasteiger partial charge is 0.407 e. The van der Waals surface area contributed by atoms with E-state index >= 15 is 0 Å². The van der Waals surface area contributed by atoms with Crippen molar-refractivity contribution in [2.45, 2.75) is 77.5 Å². The van der Waals surface area contributed by atoms with Crippen molar-refractivity contribution in [1.29, 1.82) is 0 Å². The predicted molar refractivity (Wildman–Crippen MR) is 190 cm³/mol. The van der Waals surface area contributed by atoms with Gasteiger partial charge in [-0.25, -0.2) is 19.6 Å². The molecule has 0 aliphatic carbocycles. The van der Waals surface area contributed by atoms with Gasteiger partial charge in [0.2, 0.25) is 11.8 Å². The van der Waals surface area contributed by atoms with Gasteiger partial charge in [-0.2, -0.15) is 0 Å². The maximum Gasteiger partial charge on any atom is 0.407 e. The number of amides is 4. The number of rotatable bonds is 9. The highest BCUT2D eigenvalue weighted by Crippen LogP contribution is 2.36. The van der Waals surface area contributed by atoms with Gasteiger partial charge in [0.15, 0.2) is 0 Å². The lowest BCUT2D eigenvalue weighted by molar-refractivity contribution is -0.134. The molecular weight excluding hydrogens is 652 g/mol. The van der Waals surface area contributed by atoms with Gasteiger partial charge in [-0.05, 0) is 64.5 Å². The first kappa shape index (κ1) is 35.2. The van der Waals surface area contributed by atoms with Crippen molar-refractivity contribution in [3.63, 3.8) is 0 Å². The average Bonchev–Trinajstić information content (AvgIpc) is 3.94. The van der Waals surface area contributed by atoms with Crippen LogP contribution in [0.3, 0.4) is 0 Å². The first-order chi connectivity index (χ1) is 24.4. The van der Waals surface area contributed by atoms with Gasteiger partial charge >= 0.3 is 12.2 Å². The van der Waals surface area contributed by atoms with Crippen LogP contribution >= 0.6 is 0 Å². The molecule has 2 aliphatic heterocycles. The Balaban J connectivity index is 1.14. The standard InChI is InChI=1S/C37H44N8O6/c1-20-30(42-32(38-20)28-8-6-18-44(28)34(46)22(3)40-36(48)49)26-14-10-24(11-15-26)25-12-16-27(17-13-25)31-21(2)39-33(43-31)29-9-7-19-45(29)35(47)23(4)41-37(50)51-5/h10-17,22-23,28-29,40H,6-9,18-19H2,1-5H3,(H,38,42)(H,39,43)(H,41,50)(H,48,49)/t22-,23-,28-,29-/m0/s1. The number of benzene rings is 2. The molecule has 4 atom stereocenters. The van der Waals surface area contributed by atoms with Crippen molar-refractivity contribution in [3.8, 4) is 33.6 Å². The number of ether oxygens (including phenoxy) is 1. The number of carboxylic acid groups (broad SMARTS) is 1. The molecule has 4 aromatic rings. The largest absolute Gasteiger partial charge is 0.465 e. The molecule has 2 aromatic carbocycles. The number of nitrogens with zero attached hydrogens (tertiary/aromatic N) is 4. The van der Waals surface area contributed by atoms with Gasteiger partial charge in [-0.15, -0.1) is 0 Å². The molecule has 14 nitrogen and oxygen atoms in total. The number of aromatic amines is 2. The summed E-state index contributed by atoms with van der Waals surface area (Å²) in [6, 6.07) is 14.4. The zero-order valence-electron chi connectivity index (χ0n) is 29.4. The van der Waals surface area contributed by atoms with E-state index in [1.807, 2.05) is 38.1 Å². The lowest BCUT2D eigenvalue weighted by Crippen LogP contribution is -2.46. The summed E-state index contributed by atoms with van der Waals surface area (Å²) >= 11 is 0. The number of methoxy groups -OCH3 is 1. The number of alkyl carbamates (subject to hydrolysis) is 1. The number of aromatic nitrogens is 4. The molecular formula is C37H44N8O6. The molecule has 5 N–H and O–H groups in total. The van der Waals surface area contributed by atoms with Crippen LogP contribution in [0.1, 0.15) is 74.7 Å². The minimum Gasteiger partial charge on any atom is -0.465 e. The van der Waals surface area contributed by atoms with E-state index in [0.717, 1.165) is 76.5 Å². The lowest BCUT2D eigenvalue weighted by atomic mass is 10.0. The number of carbonyl (C=O) groups excluding carboxylic acids is 3. The third-order valence-corrected chi connectivity index (χ3v) is 9.76. The van der Waals surface area contributed by atoms with Crippen LogP contribution in [-0.4, -0.2) is 91.1 Å². The van der Waals surface area contributed by atoms with Crippen LogP contribution < -0.4 is 10.6 Å². The summed E-state index contributed by atoms with van der Waals surface area (Å²) in [6.07, 6.45) is 1.32. The highest BCUT2D eigenvalue weighted by molar-refractivity contribution is 5.86. The van der Waals surface area contributed by atoms with Gasteiger partial charge in [-0.3, -0.25) is 9.59 Å². The highest BCUT2D eigenvalue weighted by atomic mass is 16.5. The van der Waals surface area contributed by atoms with Crippen LogP contribution in [0.25, 0.3) is 33.6 Å². The molecule has 2 aliphatic rings. The van der Waals surface area contributed by atoms with Crippen molar-refractivity contribution in [2.24, 2.45) is 0 Å². The summed E-state index contributed by atoms with van der Waals surface area (Å²) in [5.41, 5.74) is 7.43. The summed E-state index contributed by atoms with van der Waals surface area (Å²) in [5.74, 6) is 0.991. The van der Waals surface area contributed by atoms with Gasteiger partial charge in [-0.1, -0.05) is 48.5 Å². The van der Waals surface area contributed by atoms with E-state index in [2.05, 4.69) is 49.6 Å². The molecule has 0 bridgehead atoms. The minimum absolute atomic E-state index is 0.175. The summed E-state index contributed by atoms with van der Waals surface area (Å²) < 4.78 is 4.65. The van der Waals surface area contributed by atoms with Crippen molar-refractivity contribution in [1.82, 2.24) is 40.4 Å². The maximum atomic E-state index is 13.1. The highest BCUT2D eigenvalue weighted by Gasteiger charge is 2.36. The van der Waals surface area contributed by atoms with Crippen molar-refractivity contribution in [2.75, 3.05) is 20.2 Å². The fraction of sp³-hybridized carbons (Fsp3) is 0.405. The molecule has 6 rings (SSSR count). The summed E-state index contributed by atoms with van der Waals surface area (Å²) in [6.45, 7) is 8.29. The number of aryl methyl sites for hydroxylation is 2. The maximum absolute atomic E-state index is 13.1. The SMILES string of the molecule is COC(=O)N[C@@H](C)C(=O)N1CCC[C@H]1c1nc(-c2ccc(-c3ccc(-c4nc([C@@H]5CCCN5C(=O)[C@H](C)NC(=O)O)[nH]c4C)cc3)cc2)c(C)[nH]1. The monoisotopic (exact) mass is 696 g/mol.